The zero-order valence-electron chi connectivity index (χ0n) is 15.3. The molecular formula is C18H31N3O2. The molecule has 1 aromatic rings. The van der Waals surface area contributed by atoms with Gasteiger partial charge in [-0.05, 0) is 43.9 Å². The van der Waals surface area contributed by atoms with Crippen molar-refractivity contribution in [2.45, 2.75) is 72.9 Å². The number of nitrogens with zero attached hydrogens (tertiary/aromatic N) is 1. The van der Waals surface area contributed by atoms with Crippen molar-refractivity contribution < 1.29 is 9.32 Å². The van der Waals surface area contributed by atoms with Gasteiger partial charge in [-0.3, -0.25) is 0 Å². The van der Waals surface area contributed by atoms with E-state index in [2.05, 4.69) is 49.6 Å². The Morgan fingerprint density at radius 2 is 2.09 bits per heavy atom. The highest BCUT2D eigenvalue weighted by Gasteiger charge is 2.48. The molecule has 0 bridgehead atoms. The second-order valence-corrected chi connectivity index (χ2v) is 8.17. The van der Waals surface area contributed by atoms with Crippen molar-refractivity contribution in [1.29, 1.82) is 0 Å². The average molecular weight is 321 g/mol. The number of nitrogens with one attached hydrogen (secondary N) is 2. The van der Waals surface area contributed by atoms with Gasteiger partial charge in [-0.2, -0.15) is 0 Å². The van der Waals surface area contributed by atoms with Crippen LogP contribution in [-0.2, 0) is 12.8 Å². The predicted octanol–water partition coefficient (Wildman–Crippen LogP) is 3.54. The minimum absolute atomic E-state index is 0.0721. The van der Waals surface area contributed by atoms with Gasteiger partial charge in [0.15, 0.2) is 0 Å². The molecule has 1 aromatic heterocycles. The van der Waals surface area contributed by atoms with E-state index in [1.54, 1.807) is 0 Å². The maximum atomic E-state index is 11.9. The summed E-state index contributed by atoms with van der Waals surface area (Å²) in [6.07, 6.45) is 2.84. The van der Waals surface area contributed by atoms with E-state index >= 15 is 0 Å². The first-order valence-corrected chi connectivity index (χ1v) is 8.70. The molecule has 0 spiro atoms. The molecule has 0 aromatic carbocycles. The first-order valence-electron chi connectivity index (χ1n) is 8.70. The largest absolute Gasteiger partial charge is 0.361 e. The van der Waals surface area contributed by atoms with E-state index in [1.165, 1.54) is 0 Å². The normalized spacial score (nSPS) is 23.0. The minimum Gasteiger partial charge on any atom is -0.361 e. The molecular weight excluding hydrogens is 290 g/mol. The summed E-state index contributed by atoms with van der Waals surface area (Å²) in [6.45, 7) is 12.7. The fourth-order valence-electron chi connectivity index (χ4n) is 3.27. The summed E-state index contributed by atoms with van der Waals surface area (Å²) in [6, 6.07) is 2.39. The molecule has 2 N–H and O–H groups in total. The molecule has 2 amide bonds. The Kier molecular flexibility index (Phi) is 5.37. The van der Waals surface area contributed by atoms with E-state index in [0.29, 0.717) is 11.8 Å². The first-order chi connectivity index (χ1) is 10.7. The van der Waals surface area contributed by atoms with E-state index in [-0.39, 0.29) is 23.5 Å². The number of carbonyl (C=O) groups excluding carboxylic acids is 1. The third-order valence-electron chi connectivity index (χ3n) is 4.87. The summed E-state index contributed by atoms with van der Waals surface area (Å²) >= 11 is 0. The summed E-state index contributed by atoms with van der Waals surface area (Å²) in [7, 11) is 0. The summed E-state index contributed by atoms with van der Waals surface area (Å²) in [4.78, 5) is 11.9. The van der Waals surface area contributed by atoms with Crippen molar-refractivity contribution >= 4 is 6.03 Å². The second-order valence-electron chi connectivity index (χ2n) is 8.17. The summed E-state index contributed by atoms with van der Waals surface area (Å²) in [5, 5.41) is 10.2. The van der Waals surface area contributed by atoms with Crippen LogP contribution in [0.5, 0.6) is 0 Å². The number of hydrogen-bond acceptors (Lipinski definition) is 3. The summed E-state index contributed by atoms with van der Waals surface area (Å²) in [5.41, 5.74) is 1.11. The van der Waals surface area contributed by atoms with Crippen LogP contribution in [0.2, 0.25) is 0 Å². The van der Waals surface area contributed by atoms with Gasteiger partial charge in [0.25, 0.3) is 0 Å². The zero-order chi connectivity index (χ0) is 17.2. The zero-order valence-corrected chi connectivity index (χ0v) is 15.3. The highest BCUT2D eigenvalue weighted by molar-refractivity contribution is 5.74. The molecule has 1 heterocycles. The van der Waals surface area contributed by atoms with Gasteiger partial charge in [-0.25, -0.2) is 4.79 Å². The Labute approximate surface area is 139 Å². The average Bonchev–Trinajstić information content (AvgIpc) is 2.83. The lowest BCUT2D eigenvalue weighted by atomic mass is 9.57. The Bertz CT molecular complexity index is 534. The van der Waals surface area contributed by atoms with E-state index in [9.17, 15) is 4.79 Å². The monoisotopic (exact) mass is 321 g/mol. The number of aromatic nitrogens is 1. The number of rotatable bonds is 6. The summed E-state index contributed by atoms with van der Waals surface area (Å²) in [5.74, 6) is 2.06. The molecule has 0 radical (unpaired) electrons. The van der Waals surface area contributed by atoms with Crippen LogP contribution in [0.1, 0.15) is 59.4 Å². The van der Waals surface area contributed by atoms with Crippen LogP contribution in [0, 0.1) is 17.3 Å². The third-order valence-corrected chi connectivity index (χ3v) is 4.87. The van der Waals surface area contributed by atoms with E-state index in [1.807, 2.05) is 13.8 Å². The minimum atomic E-state index is -0.0721. The Morgan fingerprint density at radius 3 is 2.65 bits per heavy atom. The van der Waals surface area contributed by atoms with E-state index < -0.39 is 0 Å². The number of urea groups is 1. The molecule has 2 rings (SSSR count). The van der Waals surface area contributed by atoms with Gasteiger partial charge in [-0.15, -0.1) is 0 Å². The highest BCUT2D eigenvalue weighted by atomic mass is 16.5. The van der Waals surface area contributed by atoms with Gasteiger partial charge in [0.05, 0.1) is 5.69 Å². The van der Waals surface area contributed by atoms with E-state index in [0.717, 1.165) is 30.7 Å². The smallest absolute Gasteiger partial charge is 0.315 e. The molecule has 23 heavy (non-hydrogen) atoms. The highest BCUT2D eigenvalue weighted by Crippen LogP contribution is 2.47. The van der Waals surface area contributed by atoms with Gasteiger partial charge >= 0.3 is 6.03 Å². The van der Waals surface area contributed by atoms with Gasteiger partial charge in [-0.1, -0.05) is 32.9 Å². The van der Waals surface area contributed by atoms with Crippen LogP contribution in [0.15, 0.2) is 10.6 Å². The molecule has 5 heteroatoms. The topological polar surface area (TPSA) is 67.2 Å². The lowest BCUT2D eigenvalue weighted by Gasteiger charge is -2.52. The Morgan fingerprint density at radius 1 is 1.39 bits per heavy atom. The number of hydrogen-bond donors (Lipinski definition) is 2. The van der Waals surface area contributed by atoms with Crippen LogP contribution in [0.3, 0.4) is 0 Å². The molecule has 130 valence electrons. The van der Waals surface area contributed by atoms with Crippen molar-refractivity contribution in [2.75, 3.05) is 0 Å². The molecule has 0 aliphatic heterocycles. The van der Waals surface area contributed by atoms with Crippen molar-refractivity contribution in [3.05, 3.63) is 17.5 Å². The fourth-order valence-corrected chi connectivity index (χ4v) is 3.27. The van der Waals surface area contributed by atoms with Gasteiger partial charge < -0.3 is 15.2 Å². The van der Waals surface area contributed by atoms with Crippen LogP contribution in [-0.4, -0.2) is 23.3 Å². The Balaban J connectivity index is 1.86. The van der Waals surface area contributed by atoms with Crippen molar-refractivity contribution in [3.8, 4) is 0 Å². The van der Waals surface area contributed by atoms with E-state index in [4.69, 9.17) is 4.52 Å². The molecule has 1 fully saturated rings. The van der Waals surface area contributed by atoms with Crippen molar-refractivity contribution in [2.24, 2.45) is 17.3 Å². The van der Waals surface area contributed by atoms with Crippen molar-refractivity contribution in [1.82, 2.24) is 15.8 Å². The molecule has 0 unspecified atom stereocenters. The molecule has 5 nitrogen and oxygen atoms in total. The third kappa shape index (κ3) is 4.49. The molecule has 1 aliphatic carbocycles. The number of amides is 2. The Hall–Kier alpha value is -1.52. The second kappa shape index (κ2) is 6.93. The number of carbonyl (C=O) groups is 1. The molecule has 1 aliphatic rings. The standard InChI is InChI=1S/C18H31N3O2/c1-11(2)7-15-10-14(21-23-15)8-13-9-16(18(13,5)6)20-17(22)19-12(3)4/h10-13,16H,7-9H2,1-6H3,(H2,19,20,22)/t13-,16+/m1/s1. The first kappa shape index (κ1) is 17.8. The predicted molar refractivity (Wildman–Crippen MR) is 91.2 cm³/mol. The van der Waals surface area contributed by atoms with Gasteiger partial charge in [0, 0.05) is 24.6 Å². The molecule has 0 saturated heterocycles. The van der Waals surface area contributed by atoms with Crippen LogP contribution in [0.4, 0.5) is 4.79 Å². The van der Waals surface area contributed by atoms with Gasteiger partial charge in [0.2, 0.25) is 0 Å². The van der Waals surface area contributed by atoms with Crippen LogP contribution in [0.25, 0.3) is 0 Å². The van der Waals surface area contributed by atoms with Crippen LogP contribution < -0.4 is 10.6 Å². The van der Waals surface area contributed by atoms with Gasteiger partial charge in [0.1, 0.15) is 5.76 Å². The molecule has 2 atom stereocenters. The quantitative estimate of drug-likeness (QED) is 0.842. The lowest BCUT2D eigenvalue weighted by molar-refractivity contribution is 0.0199. The maximum Gasteiger partial charge on any atom is 0.315 e. The fraction of sp³-hybridized carbons (Fsp3) is 0.778. The summed E-state index contributed by atoms with van der Waals surface area (Å²) < 4.78 is 5.42. The maximum absolute atomic E-state index is 11.9. The molecule has 1 saturated carbocycles. The lowest BCUT2D eigenvalue weighted by Crippen LogP contribution is -2.60. The SMILES string of the molecule is CC(C)Cc1cc(C[C@@H]2C[C@H](NC(=O)NC(C)C)C2(C)C)no1. The van der Waals surface area contributed by atoms with Crippen LogP contribution >= 0.6 is 0 Å². The van der Waals surface area contributed by atoms with Crippen molar-refractivity contribution in [3.63, 3.8) is 0 Å².